The second-order valence-electron chi connectivity index (χ2n) is 6.65. The van der Waals surface area contributed by atoms with Crippen LogP contribution in [0.3, 0.4) is 0 Å². The SMILES string of the molecule is Cc1cc(C)c(CNC(CCCl)C(C)(C)C)c(C)c1. The van der Waals surface area contributed by atoms with Crippen LogP contribution in [-0.4, -0.2) is 11.9 Å². The third-order valence-electron chi connectivity index (χ3n) is 3.81. The maximum Gasteiger partial charge on any atom is 0.0238 e. The Morgan fingerprint density at radius 1 is 1.11 bits per heavy atom. The Balaban J connectivity index is 2.80. The predicted octanol–water partition coefficient (Wildman–Crippen LogP) is 4.75. The summed E-state index contributed by atoms with van der Waals surface area (Å²) in [7, 11) is 0. The van der Waals surface area contributed by atoms with Gasteiger partial charge in [0.2, 0.25) is 0 Å². The van der Waals surface area contributed by atoms with Crippen molar-refractivity contribution in [3.8, 4) is 0 Å². The zero-order chi connectivity index (χ0) is 14.6. The van der Waals surface area contributed by atoms with Gasteiger partial charge in [-0.2, -0.15) is 0 Å². The molecule has 0 aromatic heterocycles. The van der Waals surface area contributed by atoms with Crippen molar-refractivity contribution in [2.45, 2.75) is 60.5 Å². The fraction of sp³-hybridized carbons (Fsp3) is 0.647. The van der Waals surface area contributed by atoms with Crippen molar-refractivity contribution in [1.29, 1.82) is 0 Å². The molecule has 1 unspecified atom stereocenters. The molecule has 0 heterocycles. The lowest BCUT2D eigenvalue weighted by molar-refractivity contribution is 0.260. The third kappa shape index (κ3) is 4.81. The number of benzene rings is 1. The highest BCUT2D eigenvalue weighted by molar-refractivity contribution is 6.17. The Bertz CT molecular complexity index is 395. The molecule has 1 N–H and O–H groups in total. The van der Waals surface area contributed by atoms with E-state index in [9.17, 15) is 0 Å². The van der Waals surface area contributed by atoms with Gasteiger partial charge >= 0.3 is 0 Å². The molecular weight excluding hydrogens is 254 g/mol. The van der Waals surface area contributed by atoms with Crippen molar-refractivity contribution in [3.63, 3.8) is 0 Å². The fourth-order valence-corrected chi connectivity index (χ4v) is 2.88. The maximum atomic E-state index is 5.93. The number of halogens is 1. The lowest BCUT2D eigenvalue weighted by Gasteiger charge is -2.32. The van der Waals surface area contributed by atoms with Crippen LogP contribution in [0.2, 0.25) is 0 Å². The molecule has 0 bridgehead atoms. The molecule has 19 heavy (non-hydrogen) atoms. The highest BCUT2D eigenvalue weighted by Gasteiger charge is 2.23. The maximum absolute atomic E-state index is 5.93. The van der Waals surface area contributed by atoms with E-state index in [1.807, 2.05) is 0 Å². The van der Waals surface area contributed by atoms with Crippen LogP contribution in [0.25, 0.3) is 0 Å². The van der Waals surface area contributed by atoms with Crippen LogP contribution in [0.15, 0.2) is 12.1 Å². The van der Waals surface area contributed by atoms with Gasteiger partial charge in [0.15, 0.2) is 0 Å². The molecule has 0 amide bonds. The Labute approximate surface area is 123 Å². The van der Waals surface area contributed by atoms with Crippen molar-refractivity contribution >= 4 is 11.6 Å². The molecule has 0 aliphatic heterocycles. The Morgan fingerprint density at radius 3 is 2.05 bits per heavy atom. The average Bonchev–Trinajstić information content (AvgIpc) is 2.24. The summed E-state index contributed by atoms with van der Waals surface area (Å²) in [6.45, 7) is 14.3. The predicted molar refractivity (Wildman–Crippen MR) is 86.1 cm³/mol. The molecule has 0 fully saturated rings. The van der Waals surface area contributed by atoms with Gasteiger partial charge in [0, 0.05) is 18.5 Å². The molecule has 0 aliphatic carbocycles. The quantitative estimate of drug-likeness (QED) is 0.769. The standard InChI is InChI=1S/C17H28ClN/c1-12-9-13(2)15(14(3)10-12)11-19-16(7-8-18)17(4,5)6/h9-10,16,19H,7-8,11H2,1-6H3. The van der Waals surface area contributed by atoms with E-state index in [2.05, 4.69) is 59.0 Å². The van der Waals surface area contributed by atoms with Crippen molar-refractivity contribution in [2.75, 3.05) is 5.88 Å². The average molecular weight is 282 g/mol. The minimum absolute atomic E-state index is 0.237. The summed E-state index contributed by atoms with van der Waals surface area (Å²) >= 11 is 5.93. The number of nitrogens with one attached hydrogen (secondary N) is 1. The van der Waals surface area contributed by atoms with E-state index in [0.717, 1.165) is 13.0 Å². The molecule has 0 radical (unpaired) electrons. The summed E-state index contributed by atoms with van der Waals surface area (Å²) in [6.07, 6.45) is 1.01. The summed E-state index contributed by atoms with van der Waals surface area (Å²) in [5.41, 5.74) is 5.76. The normalized spacial score (nSPS) is 13.6. The number of hydrogen-bond donors (Lipinski definition) is 1. The first-order chi connectivity index (χ1) is 8.75. The highest BCUT2D eigenvalue weighted by Crippen LogP contribution is 2.24. The molecule has 0 saturated heterocycles. The molecule has 0 saturated carbocycles. The van der Waals surface area contributed by atoms with Crippen molar-refractivity contribution in [2.24, 2.45) is 5.41 Å². The molecule has 0 aliphatic rings. The van der Waals surface area contributed by atoms with Crippen LogP contribution in [-0.2, 0) is 6.54 Å². The van der Waals surface area contributed by atoms with E-state index in [1.54, 1.807) is 0 Å². The van der Waals surface area contributed by atoms with Gasteiger partial charge in [0.1, 0.15) is 0 Å². The van der Waals surface area contributed by atoms with Crippen LogP contribution in [0.4, 0.5) is 0 Å². The molecule has 1 atom stereocenters. The fourth-order valence-electron chi connectivity index (χ4n) is 2.66. The molecule has 2 heteroatoms. The summed E-state index contributed by atoms with van der Waals surface area (Å²) in [5.74, 6) is 0.709. The van der Waals surface area contributed by atoms with E-state index in [0.29, 0.717) is 11.9 Å². The molecule has 1 aromatic carbocycles. The van der Waals surface area contributed by atoms with Gasteiger partial charge in [-0.25, -0.2) is 0 Å². The first-order valence-electron chi connectivity index (χ1n) is 7.11. The summed E-state index contributed by atoms with van der Waals surface area (Å²) in [6, 6.07) is 4.97. The Hall–Kier alpha value is -0.530. The lowest BCUT2D eigenvalue weighted by atomic mass is 9.85. The summed E-state index contributed by atoms with van der Waals surface area (Å²) in [4.78, 5) is 0. The number of aryl methyl sites for hydroxylation is 3. The second kappa shape index (κ2) is 6.76. The highest BCUT2D eigenvalue weighted by atomic mass is 35.5. The summed E-state index contributed by atoms with van der Waals surface area (Å²) < 4.78 is 0. The van der Waals surface area contributed by atoms with E-state index in [4.69, 9.17) is 11.6 Å². The molecule has 0 spiro atoms. The topological polar surface area (TPSA) is 12.0 Å². The van der Waals surface area contributed by atoms with Crippen molar-refractivity contribution in [3.05, 3.63) is 34.4 Å². The molecule has 1 rings (SSSR count). The molecule has 1 nitrogen and oxygen atoms in total. The van der Waals surface area contributed by atoms with Crippen LogP contribution < -0.4 is 5.32 Å². The van der Waals surface area contributed by atoms with Crippen LogP contribution >= 0.6 is 11.6 Å². The van der Waals surface area contributed by atoms with Gasteiger partial charge in [-0.05, 0) is 49.3 Å². The number of rotatable bonds is 5. The van der Waals surface area contributed by atoms with Gasteiger partial charge in [0.25, 0.3) is 0 Å². The number of hydrogen-bond acceptors (Lipinski definition) is 1. The first kappa shape index (κ1) is 16.5. The number of alkyl halides is 1. The largest absolute Gasteiger partial charge is 0.309 e. The molecular formula is C17H28ClN. The van der Waals surface area contributed by atoms with Gasteiger partial charge in [0.05, 0.1) is 0 Å². The van der Waals surface area contributed by atoms with E-state index >= 15 is 0 Å². The van der Waals surface area contributed by atoms with Gasteiger partial charge in [-0.15, -0.1) is 11.6 Å². The van der Waals surface area contributed by atoms with Crippen molar-refractivity contribution in [1.82, 2.24) is 5.32 Å². The zero-order valence-electron chi connectivity index (χ0n) is 13.2. The second-order valence-corrected chi connectivity index (χ2v) is 7.03. The first-order valence-corrected chi connectivity index (χ1v) is 7.65. The van der Waals surface area contributed by atoms with Crippen LogP contribution in [0.5, 0.6) is 0 Å². The van der Waals surface area contributed by atoms with Gasteiger partial charge < -0.3 is 5.32 Å². The van der Waals surface area contributed by atoms with Gasteiger partial charge in [-0.1, -0.05) is 38.5 Å². The minimum Gasteiger partial charge on any atom is -0.309 e. The van der Waals surface area contributed by atoms with Crippen LogP contribution in [0.1, 0.15) is 49.4 Å². The van der Waals surface area contributed by atoms with E-state index in [-0.39, 0.29) is 5.41 Å². The minimum atomic E-state index is 0.237. The Kier molecular flexibility index (Phi) is 5.88. The molecule has 108 valence electrons. The monoisotopic (exact) mass is 281 g/mol. The Morgan fingerprint density at radius 2 is 1.63 bits per heavy atom. The van der Waals surface area contributed by atoms with E-state index in [1.165, 1.54) is 22.3 Å². The lowest BCUT2D eigenvalue weighted by Crippen LogP contribution is -2.40. The molecule has 1 aromatic rings. The van der Waals surface area contributed by atoms with Crippen LogP contribution in [0, 0.1) is 26.2 Å². The van der Waals surface area contributed by atoms with Crippen molar-refractivity contribution < 1.29 is 0 Å². The zero-order valence-corrected chi connectivity index (χ0v) is 14.0. The summed E-state index contributed by atoms with van der Waals surface area (Å²) in [5, 5.41) is 3.69. The van der Waals surface area contributed by atoms with Gasteiger partial charge in [-0.3, -0.25) is 0 Å². The third-order valence-corrected chi connectivity index (χ3v) is 4.03. The smallest absolute Gasteiger partial charge is 0.0238 e. The van der Waals surface area contributed by atoms with E-state index < -0.39 is 0 Å².